The molecule has 2 atom stereocenters. The fraction of sp³-hybridized carbons (Fsp3) is 0.600. The number of hydrogen-bond acceptors (Lipinski definition) is 7. The zero-order chi connectivity index (χ0) is 13.1. The van der Waals surface area contributed by atoms with Crippen LogP contribution in [0.4, 0.5) is 17.3 Å². The number of nitrogen functional groups attached to an aromatic ring is 1. The van der Waals surface area contributed by atoms with Gasteiger partial charge < -0.3 is 15.8 Å². The summed E-state index contributed by atoms with van der Waals surface area (Å²) in [4.78, 5) is 17.9. The van der Waals surface area contributed by atoms with Gasteiger partial charge in [0.2, 0.25) is 11.6 Å². The number of nitrogens with zero attached hydrogens (tertiary/aromatic N) is 3. The minimum absolute atomic E-state index is 0.0988. The van der Waals surface area contributed by atoms with Crippen LogP contribution in [0.3, 0.4) is 0 Å². The number of nitro groups is 1. The molecule has 0 amide bonds. The summed E-state index contributed by atoms with van der Waals surface area (Å²) < 4.78 is 5.42. The average molecular weight is 253 g/mol. The molecule has 1 aliphatic heterocycles. The van der Waals surface area contributed by atoms with E-state index in [1.54, 1.807) is 0 Å². The lowest BCUT2D eigenvalue weighted by molar-refractivity contribution is -0.383. The third-order valence-corrected chi connectivity index (χ3v) is 2.86. The van der Waals surface area contributed by atoms with E-state index in [0.29, 0.717) is 6.61 Å². The molecule has 1 saturated heterocycles. The van der Waals surface area contributed by atoms with Crippen molar-refractivity contribution in [3.05, 3.63) is 16.4 Å². The molecule has 2 heterocycles. The number of ether oxygens (including phenoxy) is 1. The standard InChI is InChI=1S/C10H15N5O3/c1-6-4-7(2-3-18-6)14-10-8(15(16)17)9(11)12-5-13-10/h5-7H,2-4H2,1H3,(H3,11,12,13,14). The maximum Gasteiger partial charge on any atom is 0.352 e. The zero-order valence-electron chi connectivity index (χ0n) is 10.00. The lowest BCUT2D eigenvalue weighted by Gasteiger charge is -2.28. The highest BCUT2D eigenvalue weighted by Gasteiger charge is 2.25. The van der Waals surface area contributed by atoms with Gasteiger partial charge in [0.25, 0.3) is 0 Å². The minimum atomic E-state index is -0.569. The predicted molar refractivity (Wildman–Crippen MR) is 65.2 cm³/mol. The molecule has 1 aliphatic rings. The van der Waals surface area contributed by atoms with Crippen LogP contribution >= 0.6 is 0 Å². The average Bonchev–Trinajstić information content (AvgIpc) is 2.28. The van der Waals surface area contributed by atoms with Gasteiger partial charge in [-0.25, -0.2) is 9.97 Å². The topological polar surface area (TPSA) is 116 Å². The fourth-order valence-corrected chi connectivity index (χ4v) is 2.00. The van der Waals surface area contributed by atoms with Gasteiger partial charge in [-0.3, -0.25) is 10.1 Å². The van der Waals surface area contributed by atoms with E-state index >= 15 is 0 Å². The first-order valence-corrected chi connectivity index (χ1v) is 5.71. The van der Waals surface area contributed by atoms with Crippen LogP contribution in [-0.2, 0) is 4.74 Å². The Balaban J connectivity index is 2.18. The number of nitrogens with two attached hydrogens (primary N) is 1. The van der Waals surface area contributed by atoms with Gasteiger partial charge in [-0.15, -0.1) is 0 Å². The molecule has 0 aromatic carbocycles. The highest BCUT2D eigenvalue weighted by Crippen LogP contribution is 2.28. The van der Waals surface area contributed by atoms with Crippen LogP contribution in [0.5, 0.6) is 0 Å². The second-order valence-electron chi connectivity index (χ2n) is 4.26. The third kappa shape index (κ3) is 2.65. The van der Waals surface area contributed by atoms with Crippen LogP contribution in [0.25, 0.3) is 0 Å². The maximum atomic E-state index is 10.9. The number of rotatable bonds is 3. The van der Waals surface area contributed by atoms with Gasteiger partial charge in [0.15, 0.2) is 0 Å². The van der Waals surface area contributed by atoms with E-state index in [1.807, 2.05) is 6.92 Å². The fourth-order valence-electron chi connectivity index (χ4n) is 2.00. The van der Waals surface area contributed by atoms with Crippen molar-refractivity contribution in [3.63, 3.8) is 0 Å². The third-order valence-electron chi connectivity index (χ3n) is 2.86. The molecular formula is C10H15N5O3. The zero-order valence-corrected chi connectivity index (χ0v) is 10.00. The number of nitrogens with one attached hydrogen (secondary N) is 1. The van der Waals surface area contributed by atoms with E-state index in [0.717, 1.165) is 12.8 Å². The summed E-state index contributed by atoms with van der Waals surface area (Å²) in [7, 11) is 0. The van der Waals surface area contributed by atoms with Gasteiger partial charge in [-0.1, -0.05) is 0 Å². The molecule has 0 bridgehead atoms. The van der Waals surface area contributed by atoms with Gasteiger partial charge in [0, 0.05) is 12.6 Å². The van der Waals surface area contributed by atoms with E-state index in [2.05, 4.69) is 15.3 Å². The van der Waals surface area contributed by atoms with Crippen molar-refractivity contribution in [1.29, 1.82) is 0 Å². The summed E-state index contributed by atoms with van der Waals surface area (Å²) in [6.07, 6.45) is 2.91. The Bertz CT molecular complexity index is 453. The van der Waals surface area contributed by atoms with Crippen LogP contribution in [0.15, 0.2) is 6.33 Å². The van der Waals surface area contributed by atoms with E-state index in [4.69, 9.17) is 10.5 Å². The molecule has 2 unspecified atom stereocenters. The van der Waals surface area contributed by atoms with E-state index in [1.165, 1.54) is 6.33 Å². The molecule has 0 spiro atoms. The Morgan fingerprint density at radius 3 is 3.06 bits per heavy atom. The summed E-state index contributed by atoms with van der Waals surface area (Å²) in [6, 6.07) is 0.0988. The number of hydrogen-bond donors (Lipinski definition) is 2. The van der Waals surface area contributed by atoms with E-state index in [-0.39, 0.29) is 29.5 Å². The number of anilines is 2. The lowest BCUT2D eigenvalue weighted by Crippen LogP contribution is -2.33. The van der Waals surface area contributed by atoms with Crippen LogP contribution in [0.2, 0.25) is 0 Å². The minimum Gasteiger partial charge on any atom is -0.378 e. The molecular weight excluding hydrogens is 238 g/mol. The van der Waals surface area contributed by atoms with Crippen LogP contribution < -0.4 is 11.1 Å². The Morgan fingerprint density at radius 1 is 1.61 bits per heavy atom. The molecule has 3 N–H and O–H groups in total. The van der Waals surface area contributed by atoms with Crippen LogP contribution in [0.1, 0.15) is 19.8 Å². The molecule has 1 fully saturated rings. The molecule has 0 saturated carbocycles. The quantitative estimate of drug-likeness (QED) is 0.608. The molecule has 1 aromatic rings. The summed E-state index contributed by atoms with van der Waals surface area (Å²) in [5.41, 5.74) is 5.23. The first-order chi connectivity index (χ1) is 8.58. The van der Waals surface area contributed by atoms with Crippen molar-refractivity contribution in [1.82, 2.24) is 9.97 Å². The van der Waals surface area contributed by atoms with Crippen molar-refractivity contribution in [2.45, 2.75) is 31.9 Å². The summed E-state index contributed by atoms with van der Waals surface area (Å²) in [5, 5.41) is 14.0. The first kappa shape index (κ1) is 12.5. The first-order valence-electron chi connectivity index (χ1n) is 5.71. The van der Waals surface area contributed by atoms with E-state index in [9.17, 15) is 10.1 Å². The highest BCUT2D eigenvalue weighted by molar-refractivity contribution is 5.67. The van der Waals surface area contributed by atoms with Crippen molar-refractivity contribution in [2.75, 3.05) is 17.7 Å². The van der Waals surface area contributed by atoms with Gasteiger partial charge in [-0.05, 0) is 19.8 Å². The monoisotopic (exact) mass is 253 g/mol. The van der Waals surface area contributed by atoms with Crippen LogP contribution in [0, 0.1) is 10.1 Å². The van der Waals surface area contributed by atoms with Crippen molar-refractivity contribution >= 4 is 17.3 Å². The second-order valence-corrected chi connectivity index (χ2v) is 4.26. The molecule has 8 nitrogen and oxygen atoms in total. The molecule has 8 heteroatoms. The normalized spacial score (nSPS) is 23.6. The summed E-state index contributed by atoms with van der Waals surface area (Å²) >= 11 is 0. The Hall–Kier alpha value is -1.96. The van der Waals surface area contributed by atoms with Gasteiger partial charge in [0.05, 0.1) is 11.0 Å². The van der Waals surface area contributed by atoms with Gasteiger partial charge in [-0.2, -0.15) is 0 Å². The van der Waals surface area contributed by atoms with E-state index < -0.39 is 4.92 Å². The Labute approximate surface area is 104 Å². The van der Waals surface area contributed by atoms with Gasteiger partial charge in [0.1, 0.15) is 6.33 Å². The predicted octanol–water partition coefficient (Wildman–Crippen LogP) is 0.946. The molecule has 0 radical (unpaired) electrons. The molecule has 98 valence electrons. The molecule has 1 aromatic heterocycles. The summed E-state index contributed by atoms with van der Waals surface area (Å²) in [5.74, 6) is 0.0456. The van der Waals surface area contributed by atoms with Crippen molar-refractivity contribution in [2.24, 2.45) is 0 Å². The highest BCUT2D eigenvalue weighted by atomic mass is 16.6. The second kappa shape index (κ2) is 5.13. The van der Waals surface area contributed by atoms with Gasteiger partial charge >= 0.3 is 5.69 Å². The molecule has 0 aliphatic carbocycles. The van der Waals surface area contributed by atoms with Crippen LogP contribution in [-0.4, -0.2) is 33.6 Å². The molecule has 18 heavy (non-hydrogen) atoms. The van der Waals surface area contributed by atoms with Crippen molar-refractivity contribution in [3.8, 4) is 0 Å². The summed E-state index contributed by atoms with van der Waals surface area (Å²) in [6.45, 7) is 2.60. The number of aromatic nitrogens is 2. The van der Waals surface area contributed by atoms with Crippen molar-refractivity contribution < 1.29 is 9.66 Å². The largest absolute Gasteiger partial charge is 0.378 e. The SMILES string of the molecule is CC1CC(Nc2ncnc(N)c2[N+](=O)[O-])CCO1. The Kier molecular flexibility index (Phi) is 3.56. The smallest absolute Gasteiger partial charge is 0.352 e. The Morgan fingerprint density at radius 2 is 2.39 bits per heavy atom. The molecule has 2 rings (SSSR count). The lowest BCUT2D eigenvalue weighted by atomic mass is 10.0. The maximum absolute atomic E-state index is 10.9.